The Morgan fingerprint density at radius 3 is 1.17 bits per heavy atom. The van der Waals surface area contributed by atoms with Gasteiger partial charge in [0, 0.05) is 6.42 Å². The highest BCUT2D eigenvalue weighted by Crippen LogP contribution is 2.13. The predicted molar refractivity (Wildman–Crippen MR) is 103 cm³/mol. The lowest BCUT2D eigenvalue weighted by Crippen LogP contribution is -2.35. The maximum atomic E-state index is 10.8. The van der Waals surface area contributed by atoms with E-state index in [4.69, 9.17) is 0 Å². The fraction of sp³-hybridized carbons (Fsp3) is 0.952. The molecule has 0 unspecified atom stereocenters. The molecule has 2 heteroatoms. The van der Waals surface area contributed by atoms with E-state index in [-0.39, 0.29) is 0 Å². The summed E-state index contributed by atoms with van der Waals surface area (Å²) in [6.45, 7) is 3.01. The molecule has 0 fully saturated rings. The molecule has 0 aliphatic rings. The van der Waals surface area contributed by atoms with Crippen molar-refractivity contribution in [2.24, 2.45) is 0 Å². The topological polar surface area (TPSA) is 17.1 Å². The van der Waals surface area contributed by atoms with Gasteiger partial charge in [-0.05, 0) is 26.2 Å². The molecule has 0 aromatic rings. The molecular formula is C21H44NO+. The highest BCUT2D eigenvalue weighted by molar-refractivity contribution is 5.75. The minimum atomic E-state index is 0.346. The van der Waals surface area contributed by atoms with E-state index in [1.807, 2.05) is 0 Å². The number of quaternary nitrogens is 1. The SMILES string of the molecule is CC(=O)CCCCCCCCCCCCCCCC[N+](C)(C)C. The maximum absolute atomic E-state index is 10.8. The summed E-state index contributed by atoms with van der Waals surface area (Å²) in [6.07, 6.45) is 20.0. The average Bonchev–Trinajstić information content (AvgIpc) is 2.45. The first-order valence-electron chi connectivity index (χ1n) is 10.2. The van der Waals surface area contributed by atoms with Gasteiger partial charge >= 0.3 is 0 Å². The third kappa shape index (κ3) is 21.6. The fourth-order valence-corrected chi connectivity index (χ4v) is 3.08. The van der Waals surface area contributed by atoms with Crippen molar-refractivity contribution in [2.45, 2.75) is 103 Å². The second-order valence-electron chi connectivity index (χ2n) is 8.42. The fourth-order valence-electron chi connectivity index (χ4n) is 3.08. The molecule has 0 aromatic carbocycles. The second-order valence-corrected chi connectivity index (χ2v) is 8.42. The quantitative estimate of drug-likeness (QED) is 0.232. The van der Waals surface area contributed by atoms with Gasteiger partial charge in [-0.2, -0.15) is 0 Å². The minimum absolute atomic E-state index is 0.346. The maximum Gasteiger partial charge on any atom is 0.129 e. The molecule has 0 bridgehead atoms. The molecule has 0 N–H and O–H groups in total. The van der Waals surface area contributed by atoms with Crippen LogP contribution in [0.2, 0.25) is 0 Å². The van der Waals surface area contributed by atoms with E-state index in [0.717, 1.165) is 17.3 Å². The van der Waals surface area contributed by atoms with Gasteiger partial charge in [-0.3, -0.25) is 0 Å². The van der Waals surface area contributed by atoms with Crippen LogP contribution in [0.15, 0.2) is 0 Å². The molecule has 0 rings (SSSR count). The van der Waals surface area contributed by atoms with Gasteiger partial charge in [-0.15, -0.1) is 0 Å². The van der Waals surface area contributed by atoms with Gasteiger partial charge in [0.2, 0.25) is 0 Å². The van der Waals surface area contributed by atoms with E-state index >= 15 is 0 Å². The first-order chi connectivity index (χ1) is 10.9. The summed E-state index contributed by atoms with van der Waals surface area (Å²) in [4.78, 5) is 10.8. The number of Topliss-reactive ketones (excluding diaryl/α,β-unsaturated/α-hetero) is 1. The van der Waals surface area contributed by atoms with Crippen molar-refractivity contribution in [2.75, 3.05) is 27.7 Å². The zero-order valence-corrected chi connectivity index (χ0v) is 16.7. The van der Waals surface area contributed by atoms with Crippen molar-refractivity contribution in [1.29, 1.82) is 0 Å². The van der Waals surface area contributed by atoms with Crippen LogP contribution in [0.1, 0.15) is 103 Å². The Labute approximate surface area is 146 Å². The molecule has 0 saturated carbocycles. The number of hydrogen-bond donors (Lipinski definition) is 0. The van der Waals surface area contributed by atoms with Crippen molar-refractivity contribution in [3.8, 4) is 0 Å². The summed E-state index contributed by atoms with van der Waals surface area (Å²) in [6, 6.07) is 0. The number of hydrogen-bond acceptors (Lipinski definition) is 1. The third-order valence-electron chi connectivity index (χ3n) is 4.61. The van der Waals surface area contributed by atoms with E-state index in [1.54, 1.807) is 6.92 Å². The molecule has 0 amide bonds. The zero-order valence-electron chi connectivity index (χ0n) is 16.7. The molecule has 0 aromatic heterocycles. The Hall–Kier alpha value is -0.370. The molecule has 138 valence electrons. The Morgan fingerprint density at radius 2 is 0.870 bits per heavy atom. The molecule has 0 aliphatic carbocycles. The van der Waals surface area contributed by atoms with Gasteiger partial charge in [0.1, 0.15) is 5.78 Å². The summed E-state index contributed by atoms with van der Waals surface area (Å²) in [5.74, 6) is 0.346. The summed E-state index contributed by atoms with van der Waals surface area (Å²) in [7, 11) is 6.85. The Morgan fingerprint density at radius 1 is 0.565 bits per heavy atom. The van der Waals surface area contributed by atoms with Crippen molar-refractivity contribution in [1.82, 2.24) is 0 Å². The van der Waals surface area contributed by atoms with Crippen molar-refractivity contribution in [3.05, 3.63) is 0 Å². The van der Waals surface area contributed by atoms with E-state index in [2.05, 4.69) is 21.1 Å². The Balaban J connectivity index is 3.04. The molecule has 0 saturated heterocycles. The highest BCUT2D eigenvalue weighted by Gasteiger charge is 2.04. The van der Waals surface area contributed by atoms with Crippen LogP contribution in [0.5, 0.6) is 0 Å². The summed E-state index contributed by atoms with van der Waals surface area (Å²) in [5.41, 5.74) is 0. The van der Waals surface area contributed by atoms with Gasteiger partial charge in [0.15, 0.2) is 0 Å². The molecular weight excluding hydrogens is 282 g/mol. The lowest BCUT2D eigenvalue weighted by Gasteiger charge is -2.23. The molecule has 0 heterocycles. The first kappa shape index (κ1) is 22.6. The van der Waals surface area contributed by atoms with Crippen molar-refractivity contribution in [3.63, 3.8) is 0 Å². The first-order valence-corrected chi connectivity index (χ1v) is 10.2. The van der Waals surface area contributed by atoms with Gasteiger partial charge in [-0.25, -0.2) is 0 Å². The van der Waals surface area contributed by atoms with Crippen molar-refractivity contribution >= 4 is 5.78 Å². The molecule has 2 nitrogen and oxygen atoms in total. The highest BCUT2D eigenvalue weighted by atomic mass is 16.1. The zero-order chi connectivity index (χ0) is 17.4. The van der Waals surface area contributed by atoms with Crippen LogP contribution in [0.25, 0.3) is 0 Å². The lowest BCUT2D eigenvalue weighted by molar-refractivity contribution is -0.870. The van der Waals surface area contributed by atoms with Crippen molar-refractivity contribution < 1.29 is 9.28 Å². The van der Waals surface area contributed by atoms with Crippen LogP contribution >= 0.6 is 0 Å². The number of rotatable bonds is 17. The average molecular weight is 327 g/mol. The van der Waals surface area contributed by atoms with Gasteiger partial charge < -0.3 is 9.28 Å². The number of ketones is 1. The smallest absolute Gasteiger partial charge is 0.129 e. The van der Waals surface area contributed by atoms with Gasteiger partial charge in [0.05, 0.1) is 27.7 Å². The van der Waals surface area contributed by atoms with Crippen LogP contribution in [0.4, 0.5) is 0 Å². The van der Waals surface area contributed by atoms with Gasteiger partial charge in [0.25, 0.3) is 0 Å². The predicted octanol–water partition coefficient (Wildman–Crippen LogP) is 6.13. The number of carbonyl (C=O) groups excluding carboxylic acids is 1. The summed E-state index contributed by atoms with van der Waals surface area (Å²) < 4.78 is 1.11. The molecule has 0 spiro atoms. The molecule has 0 aliphatic heterocycles. The number of carbonyl (C=O) groups is 1. The van der Waals surface area contributed by atoms with Crippen LogP contribution < -0.4 is 0 Å². The largest absolute Gasteiger partial charge is 0.331 e. The molecule has 0 atom stereocenters. The molecule has 0 radical (unpaired) electrons. The normalized spacial score (nSPS) is 11.8. The van der Waals surface area contributed by atoms with Crippen LogP contribution in [-0.2, 0) is 4.79 Å². The summed E-state index contributed by atoms with van der Waals surface area (Å²) >= 11 is 0. The van der Waals surface area contributed by atoms with Gasteiger partial charge in [-0.1, -0.05) is 70.6 Å². The third-order valence-corrected chi connectivity index (χ3v) is 4.61. The van der Waals surface area contributed by atoms with E-state index in [0.29, 0.717) is 5.78 Å². The number of unbranched alkanes of at least 4 members (excludes halogenated alkanes) is 13. The van der Waals surface area contributed by atoms with E-state index in [9.17, 15) is 4.79 Å². The van der Waals surface area contributed by atoms with E-state index in [1.165, 1.54) is 90.0 Å². The monoisotopic (exact) mass is 326 g/mol. The lowest BCUT2D eigenvalue weighted by atomic mass is 10.0. The van der Waals surface area contributed by atoms with Crippen LogP contribution in [-0.4, -0.2) is 38.0 Å². The van der Waals surface area contributed by atoms with E-state index < -0.39 is 0 Å². The second kappa shape index (κ2) is 15.2. The Kier molecular flexibility index (Phi) is 14.9. The Bertz CT molecular complexity index is 268. The van der Waals surface area contributed by atoms with Crippen LogP contribution in [0, 0.1) is 0 Å². The number of nitrogens with zero attached hydrogens (tertiary/aromatic N) is 1. The standard InChI is InChI=1S/C21H44NO/c1-21(23)19-17-15-13-11-9-7-5-6-8-10-12-14-16-18-20-22(2,3)4/h5-20H2,1-4H3/q+1. The van der Waals surface area contributed by atoms with Crippen LogP contribution in [0.3, 0.4) is 0 Å². The minimum Gasteiger partial charge on any atom is -0.331 e. The molecule has 23 heavy (non-hydrogen) atoms. The summed E-state index contributed by atoms with van der Waals surface area (Å²) in [5, 5.41) is 0.